The molecule has 2 fully saturated rings. The summed E-state index contributed by atoms with van der Waals surface area (Å²) >= 11 is 0. The Labute approximate surface area is 215 Å². The molecule has 2 aliphatic heterocycles. The molecule has 7 nitrogen and oxygen atoms in total. The van der Waals surface area contributed by atoms with Crippen molar-refractivity contribution in [3.05, 3.63) is 52.6 Å². The van der Waals surface area contributed by atoms with E-state index < -0.39 is 41.8 Å². The Morgan fingerprint density at radius 1 is 1.11 bits per heavy atom. The highest BCUT2D eigenvalue weighted by atomic mass is 19.1. The van der Waals surface area contributed by atoms with E-state index in [9.17, 15) is 9.59 Å². The van der Waals surface area contributed by atoms with E-state index in [4.69, 9.17) is 18.8 Å². The number of halogens is 2. The van der Waals surface area contributed by atoms with Crippen molar-refractivity contribution in [2.75, 3.05) is 18.1 Å². The average Bonchev–Trinajstić information content (AvgIpc) is 3.62. The Kier molecular flexibility index (Phi) is 6.31. The third kappa shape index (κ3) is 4.72. The summed E-state index contributed by atoms with van der Waals surface area (Å²) in [7, 11) is -0.978. The van der Waals surface area contributed by atoms with Crippen LogP contribution in [0, 0.1) is 11.6 Å². The first-order chi connectivity index (χ1) is 17.4. The van der Waals surface area contributed by atoms with Gasteiger partial charge in [0.25, 0.3) is 5.91 Å². The topological polar surface area (TPSA) is 74.3 Å². The minimum Gasteiger partial charge on any atom is -0.491 e. The average molecular weight is 513 g/mol. The van der Waals surface area contributed by atoms with Crippen molar-refractivity contribution < 1.29 is 37.2 Å². The lowest BCUT2D eigenvalue weighted by Gasteiger charge is -2.32. The van der Waals surface area contributed by atoms with Crippen LogP contribution in [0.15, 0.2) is 24.3 Å². The SMILES string of the molecule is CC(=O)OCc1c(B2OC(C)(C)C(C)(C)O2)cc(F)cc1N1CCOc2cc(C3CC3)cc(F)c2C1=O. The maximum absolute atomic E-state index is 15.3. The summed E-state index contributed by atoms with van der Waals surface area (Å²) in [5, 5.41) is 0. The minimum absolute atomic E-state index is 0.0328. The van der Waals surface area contributed by atoms with Crippen molar-refractivity contribution >= 4 is 30.1 Å². The monoisotopic (exact) mass is 513 g/mol. The van der Waals surface area contributed by atoms with E-state index in [1.807, 2.05) is 27.7 Å². The molecular formula is C27H30BF2NO6. The zero-order chi connectivity index (χ0) is 26.7. The molecule has 0 N–H and O–H groups in total. The van der Waals surface area contributed by atoms with Crippen LogP contribution in [0.4, 0.5) is 14.5 Å². The highest BCUT2D eigenvalue weighted by Crippen LogP contribution is 2.43. The number of ether oxygens (including phenoxy) is 2. The Morgan fingerprint density at radius 2 is 1.78 bits per heavy atom. The number of nitrogens with zero attached hydrogens (tertiary/aromatic N) is 1. The number of rotatable bonds is 5. The van der Waals surface area contributed by atoms with Crippen molar-refractivity contribution in [1.29, 1.82) is 0 Å². The van der Waals surface area contributed by atoms with Gasteiger partial charge in [0.15, 0.2) is 0 Å². The second-order valence-corrected chi connectivity index (χ2v) is 10.8. The molecule has 0 aromatic heterocycles. The standard InChI is InChI=1S/C27H30BF2NO6/c1-15(32)35-14-19-20(28-36-26(2,3)27(4,5)37-28)12-18(29)13-22(19)31-8-9-34-23-11-17(16-6-7-16)10-21(30)24(23)25(31)33/h10-13,16H,6-9,14H2,1-5H3. The zero-order valence-electron chi connectivity index (χ0n) is 21.7. The van der Waals surface area contributed by atoms with E-state index in [0.717, 1.165) is 18.4 Å². The van der Waals surface area contributed by atoms with Crippen molar-refractivity contribution in [2.45, 2.75) is 71.2 Å². The molecule has 2 aromatic carbocycles. The van der Waals surface area contributed by atoms with E-state index in [0.29, 0.717) is 5.56 Å². The number of amides is 1. The van der Waals surface area contributed by atoms with Gasteiger partial charge in [0.05, 0.1) is 23.4 Å². The smallest absolute Gasteiger partial charge is 0.491 e. The van der Waals surface area contributed by atoms with Gasteiger partial charge in [-0.15, -0.1) is 0 Å². The van der Waals surface area contributed by atoms with Crippen LogP contribution in [0.1, 0.15) is 74.9 Å². The molecule has 5 rings (SSSR count). The fourth-order valence-corrected chi connectivity index (χ4v) is 4.68. The van der Waals surface area contributed by atoms with Gasteiger partial charge < -0.3 is 23.7 Å². The number of carbonyl (C=O) groups excluding carboxylic acids is 2. The van der Waals surface area contributed by atoms with Crippen LogP contribution in [-0.2, 0) is 25.4 Å². The fraction of sp³-hybridized carbons (Fsp3) is 0.481. The van der Waals surface area contributed by atoms with Gasteiger partial charge in [-0.3, -0.25) is 9.59 Å². The van der Waals surface area contributed by atoms with E-state index in [2.05, 4.69) is 0 Å². The predicted octanol–water partition coefficient (Wildman–Crippen LogP) is 4.24. The molecular weight excluding hydrogens is 483 g/mol. The van der Waals surface area contributed by atoms with Gasteiger partial charge in [0.1, 0.15) is 36.2 Å². The molecule has 0 spiro atoms. The molecule has 3 aliphatic rings. The number of hydrogen-bond donors (Lipinski definition) is 0. The molecule has 0 radical (unpaired) electrons. The molecule has 0 unspecified atom stereocenters. The summed E-state index contributed by atoms with van der Waals surface area (Å²) in [5.74, 6) is -2.08. The lowest BCUT2D eigenvalue weighted by atomic mass is 9.75. The highest BCUT2D eigenvalue weighted by molar-refractivity contribution is 6.62. The van der Waals surface area contributed by atoms with Crippen LogP contribution < -0.4 is 15.1 Å². The van der Waals surface area contributed by atoms with Crippen molar-refractivity contribution in [3.63, 3.8) is 0 Å². The lowest BCUT2D eigenvalue weighted by molar-refractivity contribution is -0.142. The molecule has 1 aliphatic carbocycles. The van der Waals surface area contributed by atoms with Gasteiger partial charge in [-0.2, -0.15) is 0 Å². The van der Waals surface area contributed by atoms with Crippen LogP contribution in [0.3, 0.4) is 0 Å². The van der Waals surface area contributed by atoms with Gasteiger partial charge in [0, 0.05) is 12.5 Å². The van der Waals surface area contributed by atoms with Crippen LogP contribution in [0.25, 0.3) is 0 Å². The fourth-order valence-electron chi connectivity index (χ4n) is 4.68. The molecule has 0 atom stereocenters. The number of anilines is 1. The third-order valence-electron chi connectivity index (χ3n) is 7.60. The molecule has 1 amide bonds. The quantitative estimate of drug-likeness (QED) is 0.440. The van der Waals surface area contributed by atoms with E-state index in [1.165, 1.54) is 30.0 Å². The molecule has 0 bridgehead atoms. The summed E-state index contributed by atoms with van der Waals surface area (Å²) < 4.78 is 53.7. The van der Waals surface area contributed by atoms with Gasteiger partial charge in [-0.05, 0) is 81.7 Å². The molecule has 1 saturated carbocycles. The summed E-state index contributed by atoms with van der Waals surface area (Å²) in [6, 6.07) is 5.52. The Balaban J connectivity index is 1.60. The second kappa shape index (κ2) is 9.10. The van der Waals surface area contributed by atoms with E-state index in [1.54, 1.807) is 6.07 Å². The number of carbonyl (C=O) groups is 2. The van der Waals surface area contributed by atoms with Crippen LogP contribution >= 0.6 is 0 Å². The Morgan fingerprint density at radius 3 is 2.41 bits per heavy atom. The molecule has 2 aromatic rings. The molecule has 2 heterocycles. The molecule has 1 saturated heterocycles. The van der Waals surface area contributed by atoms with Crippen LogP contribution in [-0.4, -0.2) is 43.3 Å². The minimum atomic E-state index is -0.978. The predicted molar refractivity (Wildman–Crippen MR) is 133 cm³/mol. The summed E-state index contributed by atoms with van der Waals surface area (Å²) in [5.41, 5.74) is -0.0614. The summed E-state index contributed by atoms with van der Waals surface area (Å²) in [6.07, 6.45) is 1.95. The lowest BCUT2D eigenvalue weighted by Crippen LogP contribution is -2.41. The number of hydrogen-bond acceptors (Lipinski definition) is 6. The first kappa shape index (κ1) is 25.7. The van der Waals surface area contributed by atoms with E-state index in [-0.39, 0.29) is 48.1 Å². The van der Waals surface area contributed by atoms with Gasteiger partial charge in [-0.25, -0.2) is 8.78 Å². The first-order valence-corrected chi connectivity index (χ1v) is 12.5. The first-order valence-electron chi connectivity index (χ1n) is 12.5. The summed E-state index contributed by atoms with van der Waals surface area (Å²) in [4.78, 5) is 26.7. The van der Waals surface area contributed by atoms with E-state index >= 15 is 8.78 Å². The third-order valence-corrected chi connectivity index (χ3v) is 7.60. The maximum atomic E-state index is 15.3. The molecule has 10 heteroatoms. The van der Waals surface area contributed by atoms with Gasteiger partial charge in [-0.1, -0.05) is 0 Å². The summed E-state index contributed by atoms with van der Waals surface area (Å²) in [6.45, 7) is 8.56. The second-order valence-electron chi connectivity index (χ2n) is 10.8. The van der Waals surface area contributed by atoms with Crippen molar-refractivity contribution in [2.24, 2.45) is 0 Å². The van der Waals surface area contributed by atoms with Gasteiger partial charge >= 0.3 is 13.1 Å². The molecule has 37 heavy (non-hydrogen) atoms. The normalized spacial score (nSPS) is 20.4. The van der Waals surface area contributed by atoms with Crippen LogP contribution in [0.5, 0.6) is 5.75 Å². The van der Waals surface area contributed by atoms with Crippen molar-refractivity contribution in [3.8, 4) is 5.75 Å². The number of fused-ring (bicyclic) bond motifs is 1. The highest BCUT2D eigenvalue weighted by Gasteiger charge is 2.52. The number of esters is 1. The zero-order valence-corrected chi connectivity index (χ0v) is 21.7. The van der Waals surface area contributed by atoms with Crippen molar-refractivity contribution in [1.82, 2.24) is 0 Å². The number of benzene rings is 2. The Bertz CT molecular complexity index is 1260. The molecule has 196 valence electrons. The van der Waals surface area contributed by atoms with Crippen LogP contribution in [0.2, 0.25) is 0 Å². The largest absolute Gasteiger partial charge is 0.495 e. The van der Waals surface area contributed by atoms with Gasteiger partial charge in [0.2, 0.25) is 0 Å². The Hall–Kier alpha value is -2.98. The maximum Gasteiger partial charge on any atom is 0.495 e.